The molecule has 0 aromatic carbocycles. The molecule has 0 unspecified atom stereocenters. The van der Waals surface area contributed by atoms with Crippen LogP contribution in [0.25, 0.3) is 0 Å². The molecule has 0 saturated carbocycles. The summed E-state index contributed by atoms with van der Waals surface area (Å²) in [6.07, 6.45) is 12.2. The van der Waals surface area contributed by atoms with Gasteiger partial charge in [-0.25, -0.2) is 0 Å². The molecule has 0 bridgehead atoms. The predicted octanol–water partition coefficient (Wildman–Crippen LogP) is 3.04. The van der Waals surface area contributed by atoms with E-state index in [9.17, 15) is 4.79 Å². The lowest BCUT2D eigenvalue weighted by molar-refractivity contribution is -0.125. The Kier molecular flexibility index (Phi) is 6.14. The smallest absolute Gasteiger partial charge is 0.223 e. The summed E-state index contributed by atoms with van der Waals surface area (Å²) in [6.45, 7) is 3.06. The lowest BCUT2D eigenvalue weighted by Gasteiger charge is -2.17. The number of allylic oxidation sites excluding steroid dienone is 2. The average molecular weight is 209 g/mol. The Balaban J connectivity index is 2.05. The zero-order chi connectivity index (χ0) is 10.9. The molecule has 0 fully saturated rings. The Bertz CT molecular complexity index is 211. The van der Waals surface area contributed by atoms with Crippen LogP contribution in [0, 0.1) is 5.92 Å². The van der Waals surface area contributed by atoms with E-state index in [0.29, 0.717) is 0 Å². The molecule has 0 aliphatic heterocycles. The van der Waals surface area contributed by atoms with Gasteiger partial charge in [0, 0.05) is 12.5 Å². The van der Waals surface area contributed by atoms with Gasteiger partial charge >= 0.3 is 0 Å². The van der Waals surface area contributed by atoms with Crippen molar-refractivity contribution in [2.24, 2.45) is 5.92 Å². The maximum atomic E-state index is 11.7. The Morgan fingerprint density at radius 2 is 2.20 bits per heavy atom. The highest BCUT2D eigenvalue weighted by Gasteiger charge is 2.17. The standard InChI is InChI=1S/C13H23NO/c1-2-3-4-8-11-14-13(15)12-9-6-5-7-10-12/h5-6,12H,2-4,7-11H2,1H3,(H,14,15)/t12-/m1/s1. The molecule has 0 saturated heterocycles. The van der Waals surface area contributed by atoms with Gasteiger partial charge in [-0.15, -0.1) is 0 Å². The number of hydrogen-bond donors (Lipinski definition) is 1. The van der Waals surface area contributed by atoms with Crippen molar-refractivity contribution >= 4 is 5.91 Å². The normalized spacial score (nSPS) is 20.2. The molecule has 0 aromatic rings. The summed E-state index contributed by atoms with van der Waals surface area (Å²) in [4.78, 5) is 11.7. The summed E-state index contributed by atoms with van der Waals surface area (Å²) in [7, 11) is 0. The van der Waals surface area contributed by atoms with Gasteiger partial charge in [-0.1, -0.05) is 38.3 Å². The number of carbonyl (C=O) groups excluding carboxylic acids is 1. The quantitative estimate of drug-likeness (QED) is 0.528. The van der Waals surface area contributed by atoms with Gasteiger partial charge in [0.1, 0.15) is 0 Å². The van der Waals surface area contributed by atoms with Crippen molar-refractivity contribution in [3.05, 3.63) is 12.2 Å². The number of hydrogen-bond acceptors (Lipinski definition) is 1. The minimum Gasteiger partial charge on any atom is -0.356 e. The molecule has 1 aliphatic carbocycles. The molecule has 86 valence electrons. The van der Waals surface area contributed by atoms with Gasteiger partial charge in [-0.3, -0.25) is 4.79 Å². The molecule has 2 heteroatoms. The van der Waals surface area contributed by atoms with E-state index in [2.05, 4.69) is 24.4 Å². The van der Waals surface area contributed by atoms with E-state index in [1.807, 2.05) is 0 Å². The molecule has 1 atom stereocenters. The van der Waals surface area contributed by atoms with Crippen LogP contribution in [0.1, 0.15) is 51.9 Å². The molecule has 1 rings (SSSR count). The average Bonchev–Trinajstić information content (AvgIpc) is 2.30. The molecular formula is C13H23NO. The number of unbranched alkanes of at least 4 members (excludes halogenated alkanes) is 3. The van der Waals surface area contributed by atoms with E-state index in [0.717, 1.165) is 32.2 Å². The minimum atomic E-state index is 0.237. The molecule has 1 aliphatic rings. The van der Waals surface area contributed by atoms with Crippen LogP contribution in [-0.4, -0.2) is 12.5 Å². The van der Waals surface area contributed by atoms with Gasteiger partial charge in [0.2, 0.25) is 5.91 Å². The van der Waals surface area contributed by atoms with E-state index in [1.165, 1.54) is 19.3 Å². The van der Waals surface area contributed by atoms with Crippen LogP contribution in [0.3, 0.4) is 0 Å². The van der Waals surface area contributed by atoms with Crippen LogP contribution in [0.2, 0.25) is 0 Å². The van der Waals surface area contributed by atoms with Gasteiger partial charge in [-0.05, 0) is 25.7 Å². The van der Waals surface area contributed by atoms with Crippen molar-refractivity contribution in [3.63, 3.8) is 0 Å². The second-order valence-electron chi connectivity index (χ2n) is 4.33. The van der Waals surface area contributed by atoms with Crippen LogP contribution in [0.4, 0.5) is 0 Å². The Morgan fingerprint density at radius 3 is 2.87 bits per heavy atom. The van der Waals surface area contributed by atoms with Crippen LogP contribution in [0.5, 0.6) is 0 Å². The van der Waals surface area contributed by atoms with E-state index in [4.69, 9.17) is 0 Å². The predicted molar refractivity (Wildman–Crippen MR) is 63.6 cm³/mol. The van der Waals surface area contributed by atoms with Crippen molar-refractivity contribution in [1.29, 1.82) is 0 Å². The first kappa shape index (κ1) is 12.3. The Morgan fingerprint density at radius 1 is 1.33 bits per heavy atom. The van der Waals surface area contributed by atoms with Gasteiger partial charge in [0.25, 0.3) is 0 Å². The monoisotopic (exact) mass is 209 g/mol. The van der Waals surface area contributed by atoms with Crippen LogP contribution < -0.4 is 5.32 Å². The molecule has 1 amide bonds. The van der Waals surface area contributed by atoms with Crippen LogP contribution in [-0.2, 0) is 4.79 Å². The first-order valence-electron chi connectivity index (χ1n) is 6.27. The number of rotatable bonds is 6. The van der Waals surface area contributed by atoms with Gasteiger partial charge in [0.05, 0.1) is 0 Å². The minimum absolute atomic E-state index is 0.237. The number of amides is 1. The third-order valence-electron chi connectivity index (χ3n) is 2.97. The summed E-state index contributed by atoms with van der Waals surface area (Å²) < 4.78 is 0. The molecule has 0 spiro atoms. The van der Waals surface area contributed by atoms with Crippen molar-refractivity contribution in [1.82, 2.24) is 5.32 Å². The summed E-state index contributed by atoms with van der Waals surface area (Å²) in [5.74, 6) is 0.497. The fraction of sp³-hybridized carbons (Fsp3) is 0.769. The fourth-order valence-electron chi connectivity index (χ4n) is 1.94. The van der Waals surface area contributed by atoms with Crippen molar-refractivity contribution < 1.29 is 4.79 Å². The molecule has 0 aromatic heterocycles. The lowest BCUT2D eigenvalue weighted by Crippen LogP contribution is -2.31. The summed E-state index contributed by atoms with van der Waals surface area (Å²) in [5, 5.41) is 3.04. The van der Waals surface area contributed by atoms with Crippen molar-refractivity contribution in [2.75, 3.05) is 6.54 Å². The Hall–Kier alpha value is -0.790. The van der Waals surface area contributed by atoms with Gasteiger partial charge in [-0.2, -0.15) is 0 Å². The summed E-state index contributed by atoms with van der Waals surface area (Å²) in [6, 6.07) is 0. The molecule has 2 nitrogen and oxygen atoms in total. The SMILES string of the molecule is CCCCCCNC(=O)[C@@H]1CC=CCC1. The zero-order valence-corrected chi connectivity index (χ0v) is 9.80. The first-order chi connectivity index (χ1) is 7.34. The third kappa shape index (κ3) is 5.01. The lowest BCUT2D eigenvalue weighted by atomic mass is 9.94. The fourth-order valence-corrected chi connectivity index (χ4v) is 1.94. The molecule has 15 heavy (non-hydrogen) atoms. The van der Waals surface area contributed by atoms with Gasteiger partial charge < -0.3 is 5.32 Å². The highest BCUT2D eigenvalue weighted by Crippen LogP contribution is 2.17. The van der Waals surface area contributed by atoms with Crippen LogP contribution >= 0.6 is 0 Å². The largest absolute Gasteiger partial charge is 0.356 e. The molecule has 1 N–H and O–H groups in total. The molecule has 0 radical (unpaired) electrons. The van der Waals surface area contributed by atoms with E-state index in [1.54, 1.807) is 0 Å². The summed E-state index contributed by atoms with van der Waals surface area (Å²) in [5.41, 5.74) is 0. The second-order valence-corrected chi connectivity index (χ2v) is 4.33. The molecule has 0 heterocycles. The molecular weight excluding hydrogens is 186 g/mol. The van der Waals surface area contributed by atoms with Crippen molar-refractivity contribution in [2.45, 2.75) is 51.9 Å². The third-order valence-corrected chi connectivity index (χ3v) is 2.97. The number of nitrogens with one attached hydrogen (secondary N) is 1. The van der Waals surface area contributed by atoms with Gasteiger partial charge in [0.15, 0.2) is 0 Å². The van der Waals surface area contributed by atoms with Crippen molar-refractivity contribution in [3.8, 4) is 0 Å². The highest BCUT2D eigenvalue weighted by atomic mass is 16.1. The van der Waals surface area contributed by atoms with E-state index in [-0.39, 0.29) is 11.8 Å². The highest BCUT2D eigenvalue weighted by molar-refractivity contribution is 5.78. The maximum absolute atomic E-state index is 11.7. The first-order valence-corrected chi connectivity index (χ1v) is 6.27. The topological polar surface area (TPSA) is 29.1 Å². The summed E-state index contributed by atoms with van der Waals surface area (Å²) >= 11 is 0. The van der Waals surface area contributed by atoms with Crippen LogP contribution in [0.15, 0.2) is 12.2 Å². The van der Waals surface area contributed by atoms with E-state index < -0.39 is 0 Å². The maximum Gasteiger partial charge on any atom is 0.223 e. The number of carbonyl (C=O) groups is 1. The van der Waals surface area contributed by atoms with E-state index >= 15 is 0 Å². The Labute approximate surface area is 93.1 Å². The zero-order valence-electron chi connectivity index (χ0n) is 9.80. The second kappa shape index (κ2) is 7.49.